The minimum atomic E-state index is -0.312. The lowest BCUT2D eigenvalue weighted by atomic mass is 10.2. The number of carbonyl (C=O) groups excluding carboxylic acids is 1. The molecule has 0 saturated carbocycles. The third-order valence-electron chi connectivity index (χ3n) is 5.29. The monoisotopic (exact) mass is 447 g/mol. The lowest BCUT2D eigenvalue weighted by Gasteiger charge is -2.28. The second kappa shape index (κ2) is 10.2. The van der Waals surface area contributed by atoms with Crippen LogP contribution < -0.4 is 9.64 Å². The molecule has 6 nitrogen and oxygen atoms in total. The van der Waals surface area contributed by atoms with Gasteiger partial charge in [0, 0.05) is 31.9 Å². The predicted octanol–water partition coefficient (Wildman–Crippen LogP) is 3.55. The first-order chi connectivity index (χ1) is 14.1. The summed E-state index contributed by atoms with van der Waals surface area (Å²) < 4.78 is 11.2. The highest BCUT2D eigenvalue weighted by atomic mass is 35.5. The molecule has 160 valence electrons. The van der Waals surface area contributed by atoms with Gasteiger partial charge < -0.3 is 14.4 Å². The van der Waals surface area contributed by atoms with Crippen molar-refractivity contribution in [2.75, 3.05) is 44.3 Å². The van der Waals surface area contributed by atoms with E-state index < -0.39 is 0 Å². The number of carbonyl (C=O) groups is 1. The number of morpholine rings is 1. The summed E-state index contributed by atoms with van der Waals surface area (Å²) in [6.07, 6.45) is 0. The smallest absolute Gasteiger partial charge is 0.251 e. The van der Waals surface area contributed by atoms with Gasteiger partial charge in [-0.25, -0.2) is 0 Å². The number of benzene rings is 2. The Hall–Kier alpha value is -2.19. The van der Waals surface area contributed by atoms with E-state index in [4.69, 9.17) is 21.7 Å². The molecule has 0 N–H and O–H groups in total. The molecule has 2 aliphatic heterocycles. The second-order valence-electron chi connectivity index (χ2n) is 7.18. The van der Waals surface area contributed by atoms with Crippen LogP contribution in [0.4, 0.5) is 5.69 Å². The van der Waals surface area contributed by atoms with Crippen LogP contribution in [0.1, 0.15) is 6.92 Å². The van der Waals surface area contributed by atoms with Crippen LogP contribution in [0.2, 0.25) is 0 Å². The summed E-state index contributed by atoms with van der Waals surface area (Å²) >= 11 is 5.66. The number of amides is 1. The number of ether oxygens (including phenoxy) is 2. The molecule has 0 radical (unpaired) electrons. The molecule has 0 aliphatic carbocycles. The first-order valence-corrected chi connectivity index (χ1v) is 10.3. The summed E-state index contributed by atoms with van der Waals surface area (Å²) in [5, 5.41) is 0.562. The van der Waals surface area contributed by atoms with Crippen molar-refractivity contribution in [1.29, 1.82) is 0 Å². The highest BCUT2D eigenvalue weighted by Gasteiger charge is 2.40. The van der Waals surface area contributed by atoms with Crippen LogP contribution in [-0.4, -0.2) is 66.3 Å². The Morgan fingerprint density at radius 3 is 2.30 bits per heavy atom. The molecule has 2 fully saturated rings. The first kappa shape index (κ1) is 22.5. The van der Waals surface area contributed by atoms with E-state index in [0.717, 1.165) is 50.0 Å². The van der Waals surface area contributed by atoms with Crippen molar-refractivity contribution >= 4 is 41.3 Å². The number of para-hydroxylation sites is 1. The van der Waals surface area contributed by atoms with E-state index in [1.807, 2.05) is 66.4 Å². The van der Waals surface area contributed by atoms with Crippen molar-refractivity contribution in [2.45, 2.75) is 13.0 Å². The molecule has 2 aromatic carbocycles. The Kier molecular flexibility index (Phi) is 7.66. The van der Waals surface area contributed by atoms with E-state index in [1.54, 1.807) is 4.90 Å². The quantitative estimate of drug-likeness (QED) is 0.631. The summed E-state index contributed by atoms with van der Waals surface area (Å²) in [6, 6.07) is 17.0. The summed E-state index contributed by atoms with van der Waals surface area (Å²) in [4.78, 5) is 18.8. The topological polar surface area (TPSA) is 45.2 Å². The van der Waals surface area contributed by atoms with Crippen molar-refractivity contribution in [3.05, 3.63) is 54.6 Å². The van der Waals surface area contributed by atoms with E-state index in [1.165, 1.54) is 0 Å². The first-order valence-electron chi connectivity index (χ1n) is 9.91. The van der Waals surface area contributed by atoms with E-state index in [-0.39, 0.29) is 24.4 Å². The minimum Gasteiger partial charge on any atom is -0.457 e. The number of hydrogen-bond acceptors (Lipinski definition) is 5. The Morgan fingerprint density at radius 2 is 1.63 bits per heavy atom. The second-order valence-corrected chi connectivity index (χ2v) is 7.55. The zero-order chi connectivity index (χ0) is 20.2. The van der Waals surface area contributed by atoms with Crippen LogP contribution in [0.3, 0.4) is 0 Å². The van der Waals surface area contributed by atoms with Gasteiger partial charge in [0.25, 0.3) is 5.91 Å². The third-order valence-corrected chi connectivity index (χ3v) is 5.70. The highest BCUT2D eigenvalue weighted by Crippen LogP contribution is 2.29. The lowest BCUT2D eigenvalue weighted by molar-refractivity contribution is -0.126. The van der Waals surface area contributed by atoms with E-state index in [0.29, 0.717) is 11.7 Å². The summed E-state index contributed by atoms with van der Waals surface area (Å²) in [5.74, 6) is 1.58. The fourth-order valence-corrected chi connectivity index (χ4v) is 4.08. The van der Waals surface area contributed by atoms with Crippen molar-refractivity contribution in [3.8, 4) is 11.5 Å². The van der Waals surface area contributed by atoms with Gasteiger partial charge in [-0.15, -0.1) is 12.4 Å². The average Bonchev–Trinajstić information content (AvgIpc) is 2.97. The molecule has 2 aromatic rings. The summed E-state index contributed by atoms with van der Waals surface area (Å²) in [5.41, 5.74) is 0.894. The molecule has 0 bridgehead atoms. The predicted molar refractivity (Wildman–Crippen MR) is 124 cm³/mol. The Labute approximate surface area is 188 Å². The molecule has 0 aromatic heterocycles. The molecular weight excluding hydrogens is 422 g/mol. The highest BCUT2D eigenvalue weighted by molar-refractivity contribution is 7.80. The zero-order valence-electron chi connectivity index (χ0n) is 16.9. The number of anilines is 1. The fourth-order valence-electron chi connectivity index (χ4n) is 3.63. The van der Waals surface area contributed by atoms with E-state index in [2.05, 4.69) is 4.90 Å². The zero-order valence-corrected chi connectivity index (χ0v) is 18.5. The van der Waals surface area contributed by atoms with Gasteiger partial charge in [0.2, 0.25) is 0 Å². The van der Waals surface area contributed by atoms with Crippen LogP contribution in [0.15, 0.2) is 54.6 Å². The van der Waals surface area contributed by atoms with Gasteiger partial charge in [-0.05, 0) is 55.5 Å². The standard InChI is InChI=1S/C22H25N3O3S.ClH/c1-17-21(26)24(12-11-23-13-15-27-16-14-23)22(29)25(17)18-7-9-20(10-8-18)28-19-5-3-2-4-6-19;/h2-10,17H,11-16H2,1H3;1H. The molecule has 1 atom stereocenters. The van der Waals surface area contributed by atoms with Gasteiger partial charge in [0.05, 0.1) is 13.2 Å². The van der Waals surface area contributed by atoms with Crippen LogP contribution in [0, 0.1) is 0 Å². The summed E-state index contributed by atoms with van der Waals surface area (Å²) in [7, 11) is 0. The van der Waals surface area contributed by atoms with Gasteiger partial charge in [-0.1, -0.05) is 18.2 Å². The number of nitrogens with zero attached hydrogens (tertiary/aromatic N) is 3. The number of hydrogen-bond donors (Lipinski definition) is 0. The fraction of sp³-hybridized carbons (Fsp3) is 0.364. The van der Waals surface area contributed by atoms with Gasteiger partial charge >= 0.3 is 0 Å². The summed E-state index contributed by atoms with van der Waals surface area (Å²) in [6.45, 7) is 6.61. The normalized spacial score (nSPS) is 19.7. The maximum atomic E-state index is 12.8. The molecule has 2 saturated heterocycles. The van der Waals surface area contributed by atoms with Crippen LogP contribution in [-0.2, 0) is 9.53 Å². The molecular formula is C22H26ClN3O3S. The van der Waals surface area contributed by atoms with Gasteiger partial charge in [-0.2, -0.15) is 0 Å². The SMILES string of the molecule is CC1C(=O)N(CCN2CCOCC2)C(=S)N1c1ccc(Oc2ccccc2)cc1.Cl. The molecule has 1 unspecified atom stereocenters. The van der Waals surface area contributed by atoms with Crippen LogP contribution in [0.5, 0.6) is 11.5 Å². The molecule has 0 spiro atoms. The van der Waals surface area contributed by atoms with E-state index >= 15 is 0 Å². The molecule has 2 aliphatic rings. The maximum Gasteiger partial charge on any atom is 0.251 e. The Morgan fingerprint density at radius 1 is 1.00 bits per heavy atom. The number of halogens is 1. The van der Waals surface area contributed by atoms with Crippen LogP contribution >= 0.6 is 24.6 Å². The van der Waals surface area contributed by atoms with Gasteiger partial charge in [0.15, 0.2) is 5.11 Å². The Balaban J connectivity index is 0.00000256. The number of rotatable bonds is 6. The van der Waals surface area contributed by atoms with Crippen LogP contribution in [0.25, 0.3) is 0 Å². The van der Waals surface area contributed by atoms with E-state index in [9.17, 15) is 4.79 Å². The largest absolute Gasteiger partial charge is 0.457 e. The average molecular weight is 448 g/mol. The lowest BCUT2D eigenvalue weighted by Crippen LogP contribution is -2.43. The van der Waals surface area contributed by atoms with Crippen molar-refractivity contribution < 1.29 is 14.3 Å². The minimum absolute atomic E-state index is 0. The molecule has 2 heterocycles. The number of thiocarbonyl (C=S) groups is 1. The molecule has 4 rings (SSSR count). The van der Waals surface area contributed by atoms with Gasteiger partial charge in [0.1, 0.15) is 17.5 Å². The molecule has 30 heavy (non-hydrogen) atoms. The van der Waals surface area contributed by atoms with Gasteiger partial charge in [-0.3, -0.25) is 14.6 Å². The van der Waals surface area contributed by atoms with Crippen molar-refractivity contribution in [2.24, 2.45) is 0 Å². The molecule has 1 amide bonds. The maximum absolute atomic E-state index is 12.8. The molecule has 8 heteroatoms. The third kappa shape index (κ3) is 4.92. The van der Waals surface area contributed by atoms with Crippen molar-refractivity contribution in [1.82, 2.24) is 9.80 Å². The Bertz CT molecular complexity index is 860. The van der Waals surface area contributed by atoms with Crippen molar-refractivity contribution in [3.63, 3.8) is 0 Å².